The number of aryl methyl sites for hydroxylation is 2. The van der Waals surface area contributed by atoms with Gasteiger partial charge in [0.05, 0.1) is 0 Å². The van der Waals surface area contributed by atoms with Crippen molar-refractivity contribution in [1.29, 1.82) is 0 Å². The topological polar surface area (TPSA) is 38.3 Å². The van der Waals surface area contributed by atoms with Gasteiger partial charge in [-0.2, -0.15) is 0 Å². The third kappa shape index (κ3) is 4.70. The Balaban J connectivity index is 1.61. The van der Waals surface area contributed by atoms with Crippen LogP contribution in [0.25, 0.3) is 0 Å². The average molecular weight is 355 g/mol. The van der Waals surface area contributed by atoms with E-state index in [9.17, 15) is 9.18 Å². The largest absolute Gasteiger partial charge is 0.381 e. The van der Waals surface area contributed by atoms with E-state index in [0.29, 0.717) is 26.2 Å². The first-order chi connectivity index (χ1) is 12.6. The van der Waals surface area contributed by atoms with Gasteiger partial charge in [-0.1, -0.05) is 42.0 Å². The lowest BCUT2D eigenvalue weighted by Crippen LogP contribution is -2.44. The second-order valence-corrected chi connectivity index (χ2v) is 7.17. The lowest BCUT2D eigenvalue weighted by Gasteiger charge is -2.38. The van der Waals surface area contributed by atoms with Crippen molar-refractivity contribution in [2.24, 2.45) is 0 Å². The zero-order valence-electron chi connectivity index (χ0n) is 15.3. The Morgan fingerprint density at radius 2 is 1.92 bits per heavy atom. The zero-order valence-corrected chi connectivity index (χ0v) is 15.3. The van der Waals surface area contributed by atoms with Crippen LogP contribution in [-0.2, 0) is 21.4 Å². The normalized spacial score (nSPS) is 16.2. The maximum atomic E-state index is 13.7. The number of rotatable bonds is 6. The summed E-state index contributed by atoms with van der Waals surface area (Å²) in [5.41, 5.74) is 3.07. The number of nitrogens with one attached hydrogen (secondary N) is 1. The molecule has 0 bridgehead atoms. The van der Waals surface area contributed by atoms with E-state index in [1.54, 1.807) is 12.1 Å². The number of carbonyl (C=O) groups excluding carboxylic acids is 1. The SMILES string of the molecule is Cc1cccc(CCC(=O)NCC2(c3cccc(F)c3)CCOCC2)c1. The highest BCUT2D eigenvalue weighted by Crippen LogP contribution is 2.34. The molecule has 2 aromatic carbocycles. The van der Waals surface area contributed by atoms with E-state index in [1.165, 1.54) is 17.2 Å². The van der Waals surface area contributed by atoms with Gasteiger partial charge in [0.15, 0.2) is 0 Å². The summed E-state index contributed by atoms with van der Waals surface area (Å²) in [6.45, 7) is 3.84. The van der Waals surface area contributed by atoms with Gasteiger partial charge < -0.3 is 10.1 Å². The van der Waals surface area contributed by atoms with Crippen molar-refractivity contribution >= 4 is 5.91 Å². The highest BCUT2D eigenvalue weighted by atomic mass is 19.1. The van der Waals surface area contributed by atoms with Gasteiger partial charge in [-0.3, -0.25) is 4.79 Å². The van der Waals surface area contributed by atoms with Crippen LogP contribution >= 0.6 is 0 Å². The number of amides is 1. The molecule has 1 amide bonds. The summed E-state index contributed by atoms with van der Waals surface area (Å²) in [6.07, 6.45) is 2.76. The molecule has 0 saturated carbocycles. The van der Waals surface area contributed by atoms with Crippen molar-refractivity contribution in [2.45, 2.75) is 38.0 Å². The molecule has 0 unspecified atom stereocenters. The molecule has 0 radical (unpaired) electrons. The lowest BCUT2D eigenvalue weighted by molar-refractivity contribution is -0.121. The van der Waals surface area contributed by atoms with Gasteiger partial charge in [0.1, 0.15) is 5.82 Å². The van der Waals surface area contributed by atoms with Crippen LogP contribution in [-0.4, -0.2) is 25.7 Å². The molecule has 1 aliphatic heterocycles. The van der Waals surface area contributed by atoms with Crippen molar-refractivity contribution in [2.75, 3.05) is 19.8 Å². The molecular formula is C22H26FNO2. The molecule has 0 aliphatic carbocycles. The molecule has 1 saturated heterocycles. The maximum Gasteiger partial charge on any atom is 0.220 e. The predicted molar refractivity (Wildman–Crippen MR) is 101 cm³/mol. The van der Waals surface area contributed by atoms with Crippen molar-refractivity contribution in [3.63, 3.8) is 0 Å². The minimum Gasteiger partial charge on any atom is -0.381 e. The fraction of sp³-hybridized carbons (Fsp3) is 0.409. The van der Waals surface area contributed by atoms with E-state index >= 15 is 0 Å². The second kappa shape index (κ2) is 8.45. The average Bonchev–Trinajstić information content (AvgIpc) is 2.65. The van der Waals surface area contributed by atoms with E-state index in [2.05, 4.69) is 24.4 Å². The summed E-state index contributed by atoms with van der Waals surface area (Å²) in [4.78, 5) is 12.4. The third-order valence-corrected chi connectivity index (χ3v) is 5.23. The van der Waals surface area contributed by atoms with Crippen LogP contribution < -0.4 is 5.32 Å². The monoisotopic (exact) mass is 355 g/mol. The van der Waals surface area contributed by atoms with Crippen LogP contribution in [0.1, 0.15) is 36.0 Å². The maximum absolute atomic E-state index is 13.7. The Labute approximate surface area is 154 Å². The van der Waals surface area contributed by atoms with Gasteiger partial charge in [-0.25, -0.2) is 4.39 Å². The Hall–Kier alpha value is -2.20. The van der Waals surface area contributed by atoms with Gasteiger partial charge >= 0.3 is 0 Å². The first-order valence-electron chi connectivity index (χ1n) is 9.23. The molecule has 1 aliphatic rings. The molecule has 1 N–H and O–H groups in total. The van der Waals surface area contributed by atoms with Gasteiger partial charge in [0.25, 0.3) is 0 Å². The van der Waals surface area contributed by atoms with E-state index in [1.807, 2.05) is 18.2 Å². The molecule has 138 valence electrons. The molecule has 0 atom stereocenters. The van der Waals surface area contributed by atoms with Crippen LogP contribution in [0.15, 0.2) is 48.5 Å². The molecule has 1 fully saturated rings. The zero-order chi connectivity index (χ0) is 18.4. The summed E-state index contributed by atoms with van der Waals surface area (Å²) in [5.74, 6) is -0.201. The molecule has 0 aromatic heterocycles. The van der Waals surface area contributed by atoms with E-state index < -0.39 is 0 Å². The fourth-order valence-corrected chi connectivity index (χ4v) is 3.63. The minimum atomic E-state index is -0.251. The van der Waals surface area contributed by atoms with Gasteiger partial charge in [0, 0.05) is 31.6 Å². The summed E-state index contributed by atoms with van der Waals surface area (Å²) in [6, 6.07) is 15.0. The quantitative estimate of drug-likeness (QED) is 0.853. The lowest BCUT2D eigenvalue weighted by atomic mass is 9.74. The Kier molecular flexibility index (Phi) is 6.04. The van der Waals surface area contributed by atoms with Crippen molar-refractivity contribution < 1.29 is 13.9 Å². The van der Waals surface area contributed by atoms with Crippen LogP contribution in [0.2, 0.25) is 0 Å². The van der Waals surface area contributed by atoms with Gasteiger partial charge in [-0.05, 0) is 49.4 Å². The van der Waals surface area contributed by atoms with Crippen LogP contribution in [0.4, 0.5) is 4.39 Å². The Morgan fingerprint density at radius 1 is 1.15 bits per heavy atom. The highest BCUT2D eigenvalue weighted by molar-refractivity contribution is 5.76. The molecule has 26 heavy (non-hydrogen) atoms. The first kappa shape index (κ1) is 18.6. The molecule has 0 spiro atoms. The summed E-state index contributed by atoms with van der Waals surface area (Å²) in [7, 11) is 0. The Bertz CT molecular complexity index is 753. The first-order valence-corrected chi connectivity index (χ1v) is 9.23. The van der Waals surface area contributed by atoms with E-state index in [0.717, 1.165) is 24.8 Å². The molecule has 3 rings (SSSR count). The van der Waals surface area contributed by atoms with Crippen molar-refractivity contribution in [1.82, 2.24) is 5.32 Å². The molecule has 4 heteroatoms. The van der Waals surface area contributed by atoms with Gasteiger partial charge in [0.2, 0.25) is 5.91 Å². The van der Waals surface area contributed by atoms with Crippen LogP contribution in [0.3, 0.4) is 0 Å². The molecule has 2 aromatic rings. The molecule has 1 heterocycles. The number of ether oxygens (including phenoxy) is 1. The highest BCUT2D eigenvalue weighted by Gasteiger charge is 2.35. The van der Waals surface area contributed by atoms with Crippen LogP contribution in [0.5, 0.6) is 0 Å². The Morgan fingerprint density at radius 3 is 2.65 bits per heavy atom. The molecule has 3 nitrogen and oxygen atoms in total. The summed E-state index contributed by atoms with van der Waals surface area (Å²) >= 11 is 0. The second-order valence-electron chi connectivity index (χ2n) is 7.17. The van der Waals surface area contributed by atoms with E-state index in [-0.39, 0.29) is 17.1 Å². The minimum absolute atomic E-state index is 0.0359. The van der Waals surface area contributed by atoms with Crippen molar-refractivity contribution in [3.8, 4) is 0 Å². The van der Waals surface area contributed by atoms with Crippen LogP contribution in [0, 0.1) is 12.7 Å². The summed E-state index contributed by atoms with van der Waals surface area (Å²) < 4.78 is 19.2. The predicted octanol–water partition coefficient (Wildman–Crippen LogP) is 3.93. The number of halogens is 1. The van der Waals surface area contributed by atoms with Gasteiger partial charge in [-0.15, -0.1) is 0 Å². The third-order valence-electron chi connectivity index (χ3n) is 5.23. The number of hydrogen-bond acceptors (Lipinski definition) is 2. The summed E-state index contributed by atoms with van der Waals surface area (Å²) in [5, 5.41) is 3.08. The number of carbonyl (C=O) groups is 1. The smallest absolute Gasteiger partial charge is 0.220 e. The van der Waals surface area contributed by atoms with E-state index in [4.69, 9.17) is 4.74 Å². The number of hydrogen-bond donors (Lipinski definition) is 1. The van der Waals surface area contributed by atoms with Crippen molar-refractivity contribution in [3.05, 3.63) is 71.0 Å². The number of benzene rings is 2. The fourth-order valence-electron chi connectivity index (χ4n) is 3.63. The molecular weight excluding hydrogens is 329 g/mol. The standard InChI is InChI=1S/C22H26FNO2/c1-17-4-2-5-18(14-17)8-9-21(25)24-16-22(10-12-26-13-11-22)19-6-3-7-20(23)15-19/h2-7,14-15H,8-13,16H2,1H3,(H,24,25).